The molecule has 1 heterocycles. The van der Waals surface area contributed by atoms with E-state index in [-0.39, 0.29) is 0 Å². The quantitative estimate of drug-likeness (QED) is 0.111. The van der Waals surface area contributed by atoms with Crippen LogP contribution in [-0.2, 0) is 80.1 Å². The number of halogens is 1. The van der Waals surface area contributed by atoms with Gasteiger partial charge in [-0.2, -0.15) is 0 Å². The summed E-state index contributed by atoms with van der Waals surface area (Å²) in [5.41, 5.74) is -2.03. The Morgan fingerprint density at radius 2 is 1.09 bits per heavy atom. The number of rotatable bonds is 14. The van der Waals surface area contributed by atoms with E-state index in [9.17, 15) is 33.3 Å². The molecule has 6 atom stereocenters. The maximum Gasteiger partial charge on any atom is 0.483 e. The molecule has 0 aromatic carbocycles. The highest BCUT2D eigenvalue weighted by Crippen LogP contribution is 2.52. The van der Waals surface area contributed by atoms with Crippen LogP contribution in [0.2, 0.25) is 0 Å². The second kappa shape index (κ2) is 17.1. The molecule has 0 N–H and O–H groups in total. The number of carbonyl (C=O) groups is 6. The van der Waals surface area contributed by atoms with Gasteiger partial charge in [0.05, 0.1) is 10.8 Å². The van der Waals surface area contributed by atoms with Gasteiger partial charge in [-0.15, -0.1) is 0 Å². The van der Waals surface area contributed by atoms with Gasteiger partial charge in [0.1, 0.15) is 12.7 Å². The van der Waals surface area contributed by atoms with Crippen molar-refractivity contribution in [2.75, 3.05) is 20.2 Å². The molecule has 0 spiro atoms. The number of ether oxygens (including phenoxy) is 7. The SMILES string of the molecule is CC(=O)OC[C@H](F)[C@H]1O[C@@H](OP(=O)(OCOC(=O)C(C)(C)C)OCOC(=O)C(C)(C)C)[C@@H](OC(C)=O)[C@@H](OC(C)=O)[C@@H]1OC(C)=O. The Labute approximate surface area is 265 Å². The smallest absolute Gasteiger partial charge is 0.463 e. The van der Waals surface area contributed by atoms with E-state index in [1.54, 1.807) is 0 Å². The highest BCUT2D eigenvalue weighted by Gasteiger charge is 2.57. The van der Waals surface area contributed by atoms with Crippen LogP contribution in [0.15, 0.2) is 0 Å². The summed E-state index contributed by atoms with van der Waals surface area (Å²) in [5.74, 6) is -5.54. The average molecular weight is 689 g/mol. The van der Waals surface area contributed by atoms with Crippen LogP contribution in [0.25, 0.3) is 0 Å². The van der Waals surface area contributed by atoms with E-state index in [1.165, 1.54) is 41.5 Å². The highest BCUT2D eigenvalue weighted by atomic mass is 31.2. The van der Waals surface area contributed by atoms with Gasteiger partial charge < -0.3 is 33.2 Å². The van der Waals surface area contributed by atoms with Gasteiger partial charge in [0.15, 0.2) is 24.5 Å². The van der Waals surface area contributed by atoms with E-state index in [2.05, 4.69) is 0 Å². The zero-order chi connectivity index (χ0) is 35.6. The lowest BCUT2D eigenvalue weighted by atomic mass is 9.95. The van der Waals surface area contributed by atoms with Gasteiger partial charge in [-0.05, 0) is 41.5 Å². The molecule has 1 aliphatic rings. The number of phosphoric acid groups is 1. The third-order valence-corrected chi connectivity index (χ3v) is 6.81. The van der Waals surface area contributed by atoms with Crippen LogP contribution in [0.1, 0.15) is 69.2 Å². The maximum absolute atomic E-state index is 15.5. The maximum atomic E-state index is 15.5. The molecule has 0 aromatic rings. The van der Waals surface area contributed by atoms with Gasteiger partial charge in [-0.25, -0.2) is 18.0 Å². The molecule has 17 nitrogen and oxygen atoms in total. The Hall–Kier alpha value is -3.18. The molecule has 0 saturated carbocycles. The second-order valence-corrected chi connectivity index (χ2v) is 13.5. The van der Waals surface area contributed by atoms with Crippen molar-refractivity contribution in [3.05, 3.63) is 0 Å². The third kappa shape index (κ3) is 13.7. The molecular weight excluding hydrogens is 646 g/mol. The van der Waals surface area contributed by atoms with Gasteiger partial charge in [0, 0.05) is 27.7 Å². The Bertz CT molecular complexity index is 1120. The molecule has 0 aromatic heterocycles. The van der Waals surface area contributed by atoms with Crippen molar-refractivity contribution in [1.82, 2.24) is 0 Å². The standard InChI is InChI=1S/C27H42FO17P/c1-14(29)36-11-18(28)19-20(41-15(2)30)21(42-16(3)31)22(43-17(4)32)23(44-19)45-46(35,39-12-37-24(33)26(5,6)7)40-13-38-25(34)27(8,9)10/h18-23H,11-13H2,1-10H3/t18-,19+,20+,21-,22-,23-/m0/s1. The van der Waals surface area contributed by atoms with Gasteiger partial charge in [0.2, 0.25) is 19.9 Å². The van der Waals surface area contributed by atoms with E-state index >= 15 is 4.39 Å². The summed E-state index contributed by atoms with van der Waals surface area (Å²) in [6, 6.07) is 0. The Balaban J connectivity index is 3.59. The number of carbonyl (C=O) groups excluding carboxylic acids is 6. The Morgan fingerprint density at radius 3 is 1.48 bits per heavy atom. The molecule has 0 radical (unpaired) electrons. The fourth-order valence-electron chi connectivity index (χ4n) is 3.42. The van der Waals surface area contributed by atoms with Crippen LogP contribution >= 0.6 is 7.82 Å². The summed E-state index contributed by atoms with van der Waals surface area (Å²) in [4.78, 5) is 72.0. The first-order chi connectivity index (χ1) is 21.0. The minimum atomic E-state index is -5.11. The van der Waals surface area contributed by atoms with Gasteiger partial charge >= 0.3 is 43.6 Å². The molecule has 1 fully saturated rings. The minimum Gasteiger partial charge on any atom is -0.463 e. The second-order valence-electron chi connectivity index (χ2n) is 11.9. The van der Waals surface area contributed by atoms with E-state index in [4.69, 9.17) is 46.7 Å². The third-order valence-electron chi connectivity index (χ3n) is 5.50. The molecule has 19 heteroatoms. The van der Waals surface area contributed by atoms with Crippen LogP contribution in [0, 0.1) is 10.8 Å². The molecule has 1 saturated heterocycles. The summed E-state index contributed by atoms with van der Waals surface area (Å²) >= 11 is 0. The molecule has 0 bridgehead atoms. The van der Waals surface area contributed by atoms with Gasteiger partial charge in [-0.3, -0.25) is 33.3 Å². The summed E-state index contributed by atoms with van der Waals surface area (Å²) in [5, 5.41) is 0. The zero-order valence-corrected chi connectivity index (χ0v) is 28.2. The summed E-state index contributed by atoms with van der Waals surface area (Å²) < 4.78 is 80.8. The highest BCUT2D eigenvalue weighted by molar-refractivity contribution is 7.48. The van der Waals surface area contributed by atoms with Crippen molar-refractivity contribution in [1.29, 1.82) is 0 Å². The largest absolute Gasteiger partial charge is 0.483 e. The van der Waals surface area contributed by atoms with Crippen molar-refractivity contribution >= 4 is 43.6 Å². The molecule has 0 amide bonds. The Morgan fingerprint density at radius 1 is 0.674 bits per heavy atom. The molecular formula is C27H42FO17P. The van der Waals surface area contributed by atoms with Gasteiger partial charge in [0.25, 0.3) is 0 Å². The topological polar surface area (TPSA) is 212 Å². The lowest BCUT2D eigenvalue weighted by molar-refractivity contribution is -0.297. The predicted molar refractivity (Wildman–Crippen MR) is 149 cm³/mol. The van der Waals surface area contributed by atoms with Crippen LogP contribution in [0.3, 0.4) is 0 Å². The van der Waals surface area contributed by atoms with Crippen LogP contribution in [-0.4, -0.2) is 92.9 Å². The molecule has 46 heavy (non-hydrogen) atoms. The van der Waals surface area contributed by atoms with E-state index in [0.29, 0.717) is 0 Å². The molecule has 264 valence electrons. The van der Waals surface area contributed by atoms with E-state index in [1.807, 2.05) is 0 Å². The number of hydrogen-bond acceptors (Lipinski definition) is 17. The average Bonchev–Trinajstić information content (AvgIpc) is 2.88. The van der Waals surface area contributed by atoms with Gasteiger partial charge in [-0.1, -0.05) is 0 Å². The molecule has 1 rings (SSSR count). The summed E-state index contributed by atoms with van der Waals surface area (Å²) in [6.07, 6.45) is -12.1. The van der Waals surface area contributed by atoms with Crippen molar-refractivity contribution in [2.45, 2.75) is 106 Å². The monoisotopic (exact) mass is 688 g/mol. The van der Waals surface area contributed by atoms with Crippen molar-refractivity contribution in [3.8, 4) is 0 Å². The van der Waals surface area contributed by atoms with Crippen molar-refractivity contribution in [2.24, 2.45) is 10.8 Å². The van der Waals surface area contributed by atoms with Crippen molar-refractivity contribution in [3.63, 3.8) is 0 Å². The molecule has 1 aliphatic heterocycles. The van der Waals surface area contributed by atoms with E-state index in [0.717, 1.165) is 27.7 Å². The lowest BCUT2D eigenvalue weighted by Gasteiger charge is -2.45. The first kappa shape index (κ1) is 40.8. The summed E-state index contributed by atoms with van der Waals surface area (Å²) in [7, 11) is -5.11. The van der Waals surface area contributed by atoms with E-state index < -0.39 is 112 Å². The van der Waals surface area contributed by atoms with Crippen LogP contribution in [0.4, 0.5) is 4.39 Å². The fraction of sp³-hybridized carbons (Fsp3) is 0.778. The predicted octanol–water partition coefficient (Wildman–Crippen LogP) is 2.66. The first-order valence-corrected chi connectivity index (χ1v) is 15.3. The summed E-state index contributed by atoms with van der Waals surface area (Å²) in [6.45, 7) is 9.87. The Kier molecular flexibility index (Phi) is 15.2. The molecule has 0 aliphatic carbocycles. The molecule has 0 unspecified atom stereocenters. The lowest BCUT2D eigenvalue weighted by Crippen LogP contribution is -2.64. The van der Waals surface area contributed by atoms with Crippen LogP contribution in [0.5, 0.6) is 0 Å². The first-order valence-electron chi connectivity index (χ1n) is 13.8. The minimum absolute atomic E-state index is 0.796. The number of esters is 6. The number of alkyl halides is 1. The number of hydrogen-bond donors (Lipinski definition) is 0. The fourth-order valence-corrected chi connectivity index (χ4v) is 4.40. The van der Waals surface area contributed by atoms with Crippen molar-refractivity contribution < 1.29 is 84.5 Å². The zero-order valence-electron chi connectivity index (χ0n) is 27.4. The number of phosphoric ester groups is 1. The normalized spacial score (nSPS) is 22.5. The van der Waals surface area contributed by atoms with Crippen LogP contribution < -0.4 is 0 Å².